The molecule has 2 aromatic carbocycles. The van der Waals surface area contributed by atoms with Crippen LogP contribution in [0.15, 0.2) is 53.1 Å². The van der Waals surface area contributed by atoms with E-state index in [2.05, 4.69) is 48.9 Å². The minimum Gasteiger partial charge on any atom is -0.415 e. The van der Waals surface area contributed by atoms with Crippen molar-refractivity contribution in [1.29, 1.82) is 0 Å². The predicted octanol–water partition coefficient (Wildman–Crippen LogP) is 4.27. The van der Waals surface area contributed by atoms with E-state index in [0.29, 0.717) is 17.5 Å². The fourth-order valence-corrected chi connectivity index (χ4v) is 5.01. The van der Waals surface area contributed by atoms with Crippen LogP contribution < -0.4 is 5.32 Å². The van der Waals surface area contributed by atoms with E-state index in [4.69, 9.17) is 4.42 Å². The number of hydrogen-bond donors (Lipinski definition) is 1. The Balaban J connectivity index is 1.13. The summed E-state index contributed by atoms with van der Waals surface area (Å²) in [7, 11) is 0. The second-order valence-corrected chi connectivity index (χ2v) is 9.60. The molecule has 2 aliphatic heterocycles. The van der Waals surface area contributed by atoms with Crippen LogP contribution in [0.4, 0.5) is 13.2 Å². The normalized spacial score (nSPS) is 17.4. The lowest BCUT2D eigenvalue weighted by Gasteiger charge is -2.42. The summed E-state index contributed by atoms with van der Waals surface area (Å²) in [6, 6.07) is 13.4. The van der Waals surface area contributed by atoms with Crippen molar-refractivity contribution in [1.82, 2.24) is 35.4 Å². The van der Waals surface area contributed by atoms with Crippen molar-refractivity contribution in [3.05, 3.63) is 71.5 Å². The van der Waals surface area contributed by atoms with E-state index in [1.807, 2.05) is 6.07 Å². The maximum absolute atomic E-state index is 14.8. The lowest BCUT2D eigenvalue weighted by atomic mass is 9.87. The molecule has 0 unspecified atom stereocenters. The first kappa shape index (κ1) is 23.8. The molecule has 37 heavy (non-hydrogen) atoms. The van der Waals surface area contributed by atoms with E-state index >= 15 is 0 Å². The molecule has 2 fully saturated rings. The second-order valence-electron chi connectivity index (χ2n) is 9.60. The first-order valence-corrected chi connectivity index (χ1v) is 12.4. The van der Waals surface area contributed by atoms with Gasteiger partial charge in [-0.2, -0.15) is 8.78 Å². The van der Waals surface area contributed by atoms with E-state index in [0.717, 1.165) is 50.3 Å². The minimum atomic E-state index is -2.88. The Morgan fingerprint density at radius 1 is 1.00 bits per heavy atom. The molecular weight excluding hydrogens is 483 g/mol. The Morgan fingerprint density at radius 3 is 2.54 bits per heavy atom. The Bertz CT molecular complexity index is 1380. The number of piperidine rings is 1. The number of benzene rings is 2. The van der Waals surface area contributed by atoms with Crippen LogP contribution in [0.5, 0.6) is 0 Å². The number of hydrogen-bond acceptors (Lipinski definition) is 7. The van der Waals surface area contributed by atoms with Gasteiger partial charge in [0.05, 0.1) is 12.7 Å². The number of alkyl halides is 2. The zero-order valence-corrected chi connectivity index (χ0v) is 20.0. The van der Waals surface area contributed by atoms with Gasteiger partial charge in [0.1, 0.15) is 11.5 Å². The minimum absolute atomic E-state index is 0.158. The van der Waals surface area contributed by atoms with Gasteiger partial charge in [-0.1, -0.05) is 29.5 Å². The quantitative estimate of drug-likeness (QED) is 0.398. The van der Waals surface area contributed by atoms with Crippen LogP contribution in [0.1, 0.15) is 42.2 Å². The van der Waals surface area contributed by atoms with Gasteiger partial charge in [-0.25, -0.2) is 9.07 Å². The van der Waals surface area contributed by atoms with Crippen LogP contribution in [0.3, 0.4) is 0 Å². The highest BCUT2D eigenvalue weighted by Gasteiger charge is 2.29. The van der Waals surface area contributed by atoms with E-state index in [9.17, 15) is 13.2 Å². The van der Waals surface area contributed by atoms with Crippen molar-refractivity contribution in [2.45, 2.75) is 37.8 Å². The molecule has 2 aromatic heterocycles. The molecule has 0 atom stereocenters. The van der Waals surface area contributed by atoms with Crippen LogP contribution in [0.25, 0.3) is 22.7 Å². The first-order valence-electron chi connectivity index (χ1n) is 12.4. The predicted molar refractivity (Wildman–Crippen MR) is 129 cm³/mol. The summed E-state index contributed by atoms with van der Waals surface area (Å²) < 4.78 is 46.6. The summed E-state index contributed by atoms with van der Waals surface area (Å²) in [6.07, 6.45) is 1.21. The average Bonchev–Trinajstić information content (AvgIpc) is 3.55. The van der Waals surface area contributed by atoms with E-state index in [1.54, 1.807) is 23.0 Å². The molecule has 0 bridgehead atoms. The maximum Gasteiger partial charge on any atom is 0.314 e. The highest BCUT2D eigenvalue weighted by atomic mass is 19.3. The molecule has 0 amide bonds. The molecule has 0 spiro atoms. The largest absolute Gasteiger partial charge is 0.415 e. The Hall–Kier alpha value is -3.57. The zero-order chi connectivity index (χ0) is 25.4. The molecular formula is C26H26F3N7O. The van der Waals surface area contributed by atoms with Gasteiger partial charge in [0.25, 0.3) is 5.89 Å². The fraction of sp³-hybridized carbons (Fsp3) is 0.385. The lowest BCUT2D eigenvalue weighted by Crippen LogP contribution is -2.58. The SMILES string of the molecule is Fc1cc(-c2nnc(C(F)F)o2)ccc1Cn1cc(-c2cccc(C3CCN(C4CNC4)CC3)c2)nn1. The van der Waals surface area contributed by atoms with Crippen molar-refractivity contribution in [2.75, 3.05) is 26.2 Å². The third-order valence-corrected chi connectivity index (χ3v) is 7.26. The van der Waals surface area contributed by atoms with Gasteiger partial charge in [0.15, 0.2) is 0 Å². The van der Waals surface area contributed by atoms with Gasteiger partial charge in [0.2, 0.25) is 5.89 Å². The Kier molecular flexibility index (Phi) is 6.47. The van der Waals surface area contributed by atoms with Gasteiger partial charge in [-0.3, -0.25) is 4.90 Å². The molecule has 1 N–H and O–H groups in total. The highest BCUT2D eigenvalue weighted by Crippen LogP contribution is 2.32. The summed E-state index contributed by atoms with van der Waals surface area (Å²) in [5, 5.41) is 18.7. The standard InChI is InChI=1S/C26H26F3N7O/c27-22-11-19(25-32-33-26(37-25)24(28)29)4-5-20(22)14-36-15-23(31-34-36)18-3-1-2-17(10-18)16-6-8-35(9-7-16)21-12-30-13-21/h1-5,10-11,15-16,21,24,30H,6-9,12-14H2. The summed E-state index contributed by atoms with van der Waals surface area (Å²) >= 11 is 0. The Morgan fingerprint density at radius 2 is 1.84 bits per heavy atom. The van der Waals surface area contributed by atoms with Gasteiger partial charge < -0.3 is 9.73 Å². The van der Waals surface area contributed by atoms with Crippen LogP contribution in [0.2, 0.25) is 0 Å². The molecule has 2 aliphatic rings. The number of aromatic nitrogens is 5. The topological polar surface area (TPSA) is 84.9 Å². The van der Waals surface area contributed by atoms with Crippen molar-refractivity contribution in [3.8, 4) is 22.7 Å². The highest BCUT2D eigenvalue weighted by molar-refractivity contribution is 5.59. The zero-order valence-electron chi connectivity index (χ0n) is 20.0. The third kappa shape index (κ3) is 5.01. The van der Waals surface area contributed by atoms with Crippen molar-refractivity contribution < 1.29 is 17.6 Å². The maximum atomic E-state index is 14.8. The van der Waals surface area contributed by atoms with Crippen LogP contribution in [-0.2, 0) is 6.54 Å². The third-order valence-electron chi connectivity index (χ3n) is 7.26. The number of rotatable bonds is 7. The van der Waals surface area contributed by atoms with Crippen molar-refractivity contribution >= 4 is 0 Å². The van der Waals surface area contributed by atoms with E-state index < -0.39 is 18.1 Å². The van der Waals surface area contributed by atoms with Crippen LogP contribution in [-0.4, -0.2) is 62.3 Å². The molecule has 8 nitrogen and oxygen atoms in total. The number of nitrogens with zero attached hydrogens (tertiary/aromatic N) is 6. The monoisotopic (exact) mass is 509 g/mol. The van der Waals surface area contributed by atoms with E-state index in [1.165, 1.54) is 11.6 Å². The first-order chi connectivity index (χ1) is 18.0. The molecule has 192 valence electrons. The molecule has 2 saturated heterocycles. The molecule has 6 rings (SSSR count). The summed E-state index contributed by atoms with van der Waals surface area (Å²) in [6.45, 7) is 4.62. The number of nitrogens with one attached hydrogen (secondary N) is 1. The summed E-state index contributed by atoms with van der Waals surface area (Å²) in [5.41, 5.74) is 3.62. The van der Waals surface area contributed by atoms with Gasteiger partial charge in [-0.15, -0.1) is 15.3 Å². The smallest absolute Gasteiger partial charge is 0.314 e. The molecule has 0 aliphatic carbocycles. The van der Waals surface area contributed by atoms with Gasteiger partial charge in [0, 0.05) is 35.8 Å². The van der Waals surface area contributed by atoms with E-state index in [-0.39, 0.29) is 18.0 Å². The van der Waals surface area contributed by atoms with Gasteiger partial charge >= 0.3 is 6.43 Å². The molecule has 11 heteroatoms. The van der Waals surface area contributed by atoms with Crippen LogP contribution in [0, 0.1) is 5.82 Å². The summed E-state index contributed by atoms with van der Waals surface area (Å²) in [4.78, 5) is 2.59. The molecule has 0 saturated carbocycles. The molecule has 4 heterocycles. The molecule has 0 radical (unpaired) electrons. The second kappa shape index (κ2) is 10.1. The van der Waals surface area contributed by atoms with Gasteiger partial charge in [-0.05, 0) is 55.6 Å². The fourth-order valence-electron chi connectivity index (χ4n) is 5.01. The number of halogens is 3. The summed E-state index contributed by atoms with van der Waals surface area (Å²) in [5.74, 6) is -0.954. The van der Waals surface area contributed by atoms with Crippen LogP contribution >= 0.6 is 0 Å². The lowest BCUT2D eigenvalue weighted by molar-refractivity contribution is 0.113. The molecule has 4 aromatic rings. The number of likely N-dealkylation sites (tertiary alicyclic amines) is 1. The average molecular weight is 510 g/mol. The van der Waals surface area contributed by atoms with Crippen molar-refractivity contribution in [2.24, 2.45) is 0 Å². The Labute approximate surface area is 211 Å². The van der Waals surface area contributed by atoms with Crippen molar-refractivity contribution in [3.63, 3.8) is 0 Å².